The van der Waals surface area contributed by atoms with Gasteiger partial charge in [0.1, 0.15) is 0 Å². The average Bonchev–Trinajstić information content (AvgIpc) is 2.33. The van der Waals surface area contributed by atoms with E-state index in [-0.39, 0.29) is 0 Å². The van der Waals surface area contributed by atoms with Gasteiger partial charge in [-0.05, 0) is 12.1 Å². The topological polar surface area (TPSA) is 27.6 Å². The van der Waals surface area contributed by atoms with Crippen molar-refractivity contribution in [2.45, 2.75) is 0 Å². The lowest BCUT2D eigenvalue weighted by Gasteiger charge is -2.08. The molecule has 0 fully saturated rings. The van der Waals surface area contributed by atoms with Crippen LogP contribution in [-0.4, -0.2) is 19.2 Å². The van der Waals surface area contributed by atoms with Gasteiger partial charge in [-0.25, -0.2) is 10.5 Å². The summed E-state index contributed by atoms with van der Waals surface area (Å²) in [5.74, 6) is 0. The molecule has 0 aliphatic rings. The number of nitrogens with zero attached hydrogens (tertiary/aromatic N) is 2. The van der Waals surface area contributed by atoms with Gasteiger partial charge >= 0.3 is 0 Å². The Kier molecular flexibility index (Phi) is 3.29. The van der Waals surface area contributed by atoms with Gasteiger partial charge in [0.2, 0.25) is 0 Å². The van der Waals surface area contributed by atoms with Crippen LogP contribution in [0.15, 0.2) is 41.5 Å². The number of rotatable bonds is 2. The summed E-state index contributed by atoms with van der Waals surface area (Å²) in [6.45, 7) is 0. The first-order valence-corrected chi connectivity index (χ1v) is 3.84. The molecule has 12 heavy (non-hydrogen) atoms. The van der Waals surface area contributed by atoms with Gasteiger partial charge in [0, 0.05) is 14.1 Å². The molecule has 0 unspecified atom stereocenters. The van der Waals surface area contributed by atoms with E-state index >= 15 is 0 Å². The SMILES string of the molecule is CNN(C)N=c1cccccc1. The maximum absolute atomic E-state index is 4.24. The van der Waals surface area contributed by atoms with Crippen molar-refractivity contribution in [1.29, 1.82) is 0 Å². The van der Waals surface area contributed by atoms with Crippen LogP contribution in [0, 0.1) is 0 Å². The number of nitrogens with one attached hydrogen (secondary N) is 1. The second kappa shape index (κ2) is 4.51. The fraction of sp³-hybridized carbons (Fsp3) is 0.222. The van der Waals surface area contributed by atoms with Crippen molar-refractivity contribution in [3.05, 3.63) is 41.8 Å². The molecule has 1 aromatic rings. The van der Waals surface area contributed by atoms with E-state index in [0.717, 1.165) is 5.36 Å². The zero-order chi connectivity index (χ0) is 8.81. The van der Waals surface area contributed by atoms with Gasteiger partial charge in [-0.15, -0.1) is 0 Å². The average molecular weight is 163 g/mol. The second-order valence-corrected chi connectivity index (χ2v) is 2.38. The summed E-state index contributed by atoms with van der Waals surface area (Å²) in [4.78, 5) is 0. The fourth-order valence-electron chi connectivity index (χ4n) is 0.782. The van der Waals surface area contributed by atoms with Crippen molar-refractivity contribution >= 4 is 0 Å². The molecule has 0 saturated carbocycles. The van der Waals surface area contributed by atoms with Crippen LogP contribution in [0.5, 0.6) is 0 Å². The molecule has 64 valence electrons. The molecule has 0 amide bonds. The smallest absolute Gasteiger partial charge is 0.0847 e. The minimum absolute atomic E-state index is 0.928. The van der Waals surface area contributed by atoms with E-state index in [2.05, 4.69) is 10.5 Å². The van der Waals surface area contributed by atoms with Gasteiger partial charge < -0.3 is 0 Å². The highest BCUT2D eigenvalue weighted by atomic mass is 15.7. The summed E-state index contributed by atoms with van der Waals surface area (Å²) < 4.78 is 0. The third kappa shape index (κ3) is 2.72. The molecule has 0 aliphatic heterocycles. The molecule has 1 N–H and O–H groups in total. The Balaban J connectivity index is 2.96. The van der Waals surface area contributed by atoms with Crippen molar-refractivity contribution < 1.29 is 0 Å². The molecule has 3 heteroatoms. The minimum Gasteiger partial charge on any atom is -0.233 e. The van der Waals surface area contributed by atoms with Crippen molar-refractivity contribution in [3.8, 4) is 0 Å². The highest BCUT2D eigenvalue weighted by Crippen LogP contribution is 1.77. The second-order valence-electron chi connectivity index (χ2n) is 2.38. The van der Waals surface area contributed by atoms with Gasteiger partial charge in [-0.1, -0.05) is 24.3 Å². The molecule has 0 aliphatic carbocycles. The van der Waals surface area contributed by atoms with Crippen molar-refractivity contribution in [2.75, 3.05) is 14.1 Å². The van der Waals surface area contributed by atoms with Crippen molar-refractivity contribution in [1.82, 2.24) is 10.5 Å². The Labute approximate surface area is 72.3 Å². The molecule has 0 saturated heterocycles. The van der Waals surface area contributed by atoms with Crippen molar-refractivity contribution in [2.24, 2.45) is 5.10 Å². The van der Waals surface area contributed by atoms with Gasteiger partial charge in [-0.3, -0.25) is 0 Å². The summed E-state index contributed by atoms with van der Waals surface area (Å²) in [7, 11) is 3.68. The van der Waals surface area contributed by atoms with E-state index in [1.165, 1.54) is 0 Å². The van der Waals surface area contributed by atoms with Crippen LogP contribution >= 0.6 is 0 Å². The summed E-state index contributed by atoms with van der Waals surface area (Å²) in [6, 6.07) is 11.8. The Morgan fingerprint density at radius 2 is 1.75 bits per heavy atom. The first-order chi connectivity index (χ1) is 5.83. The van der Waals surface area contributed by atoms with Crippen LogP contribution in [0.1, 0.15) is 0 Å². The van der Waals surface area contributed by atoms with E-state index in [4.69, 9.17) is 0 Å². The maximum Gasteiger partial charge on any atom is 0.0847 e. The maximum atomic E-state index is 4.24. The molecular formula is C9H13N3. The molecule has 0 bridgehead atoms. The third-order valence-corrected chi connectivity index (χ3v) is 1.46. The van der Waals surface area contributed by atoms with E-state index < -0.39 is 0 Å². The summed E-state index contributed by atoms with van der Waals surface area (Å²) in [5, 5.41) is 6.83. The van der Waals surface area contributed by atoms with Crippen LogP contribution in [0.4, 0.5) is 0 Å². The lowest BCUT2D eigenvalue weighted by Crippen LogP contribution is -2.27. The molecule has 1 rings (SSSR count). The third-order valence-electron chi connectivity index (χ3n) is 1.46. The van der Waals surface area contributed by atoms with Crippen LogP contribution in [0.25, 0.3) is 0 Å². The van der Waals surface area contributed by atoms with E-state index in [1.807, 2.05) is 50.5 Å². The van der Waals surface area contributed by atoms with Gasteiger partial charge in [0.05, 0.1) is 5.36 Å². The Morgan fingerprint density at radius 1 is 1.17 bits per heavy atom. The number of hydrogen-bond acceptors (Lipinski definition) is 3. The standard InChI is InChI=1S/C9H13N3/c1-10-12(2)11-9-7-5-3-4-6-8-9/h3-8,10H,1-2H3. The molecular weight excluding hydrogens is 150 g/mol. The molecule has 3 nitrogen and oxygen atoms in total. The van der Waals surface area contributed by atoms with Crippen LogP contribution in [0.2, 0.25) is 0 Å². The molecule has 0 spiro atoms. The predicted molar refractivity (Wildman–Crippen MR) is 48.8 cm³/mol. The first-order valence-electron chi connectivity index (χ1n) is 3.84. The Bertz CT molecular complexity index is 274. The largest absolute Gasteiger partial charge is 0.233 e. The number of hydrogen-bond donors (Lipinski definition) is 1. The lowest BCUT2D eigenvalue weighted by atomic mass is 10.5. The van der Waals surface area contributed by atoms with Crippen LogP contribution in [-0.2, 0) is 0 Å². The van der Waals surface area contributed by atoms with Crippen LogP contribution in [0.3, 0.4) is 0 Å². The van der Waals surface area contributed by atoms with Gasteiger partial charge in [-0.2, -0.15) is 5.10 Å². The van der Waals surface area contributed by atoms with E-state index in [0.29, 0.717) is 0 Å². The lowest BCUT2D eigenvalue weighted by molar-refractivity contribution is 0.264. The highest BCUT2D eigenvalue weighted by molar-refractivity contribution is 4.99. The van der Waals surface area contributed by atoms with E-state index in [9.17, 15) is 0 Å². The fourth-order valence-corrected chi connectivity index (χ4v) is 0.782. The van der Waals surface area contributed by atoms with Crippen molar-refractivity contribution in [3.63, 3.8) is 0 Å². The number of hydrazine groups is 1. The summed E-state index contributed by atoms with van der Waals surface area (Å²) in [6.07, 6.45) is 0. The summed E-state index contributed by atoms with van der Waals surface area (Å²) >= 11 is 0. The van der Waals surface area contributed by atoms with Gasteiger partial charge in [0.15, 0.2) is 0 Å². The zero-order valence-electron chi connectivity index (χ0n) is 7.36. The zero-order valence-corrected chi connectivity index (χ0v) is 7.36. The van der Waals surface area contributed by atoms with Gasteiger partial charge in [0.25, 0.3) is 0 Å². The normalized spacial score (nSPS) is 9.17. The highest BCUT2D eigenvalue weighted by Gasteiger charge is 1.81. The molecule has 0 atom stereocenters. The quantitative estimate of drug-likeness (QED) is 0.645. The van der Waals surface area contributed by atoms with E-state index in [1.54, 1.807) is 5.12 Å². The minimum atomic E-state index is 0.928. The first kappa shape index (κ1) is 8.74. The molecule has 0 aromatic heterocycles. The Morgan fingerprint density at radius 3 is 2.25 bits per heavy atom. The summed E-state index contributed by atoms with van der Waals surface area (Å²) in [5.41, 5.74) is 2.89. The molecule has 1 aromatic carbocycles. The monoisotopic (exact) mass is 163 g/mol. The molecule has 0 radical (unpaired) electrons. The Hall–Kier alpha value is -1.35. The molecule has 0 heterocycles. The van der Waals surface area contributed by atoms with Crippen LogP contribution < -0.4 is 10.8 Å². The predicted octanol–water partition coefficient (Wildman–Crippen LogP) is 0.568.